The van der Waals surface area contributed by atoms with E-state index in [1.54, 1.807) is 31.2 Å². The van der Waals surface area contributed by atoms with Gasteiger partial charge in [0.05, 0.1) is 26.9 Å². The first kappa shape index (κ1) is 20.2. The molecular formula is C18H19NO7S. The zero-order valence-corrected chi connectivity index (χ0v) is 16.1. The Morgan fingerprint density at radius 2 is 1.63 bits per heavy atom. The highest BCUT2D eigenvalue weighted by Gasteiger charge is 2.26. The van der Waals surface area contributed by atoms with E-state index in [1.165, 1.54) is 21.3 Å². The van der Waals surface area contributed by atoms with Crippen LogP contribution in [-0.2, 0) is 14.3 Å². The van der Waals surface area contributed by atoms with Crippen LogP contribution in [0.4, 0.5) is 5.00 Å². The highest BCUT2D eigenvalue weighted by Crippen LogP contribution is 2.34. The van der Waals surface area contributed by atoms with E-state index in [9.17, 15) is 14.4 Å². The van der Waals surface area contributed by atoms with Gasteiger partial charge in [-0.25, -0.2) is 9.59 Å². The number of esters is 2. The summed E-state index contributed by atoms with van der Waals surface area (Å²) < 4.78 is 20.1. The Hall–Kier alpha value is -3.07. The molecule has 1 heterocycles. The molecule has 0 aliphatic heterocycles. The lowest BCUT2D eigenvalue weighted by Gasteiger charge is -2.10. The maximum atomic E-state index is 12.3. The Balaban J connectivity index is 2.19. The van der Waals surface area contributed by atoms with Crippen LogP contribution in [0.25, 0.3) is 0 Å². The number of amides is 1. The number of anilines is 1. The van der Waals surface area contributed by atoms with Gasteiger partial charge in [-0.15, -0.1) is 11.3 Å². The molecule has 0 fully saturated rings. The summed E-state index contributed by atoms with van der Waals surface area (Å²) in [5.74, 6) is -0.890. The maximum Gasteiger partial charge on any atom is 0.348 e. The van der Waals surface area contributed by atoms with E-state index in [0.717, 1.165) is 11.3 Å². The summed E-state index contributed by atoms with van der Waals surface area (Å²) in [6.45, 7) is 1.27. The quantitative estimate of drug-likeness (QED) is 0.722. The van der Waals surface area contributed by atoms with Crippen molar-refractivity contribution in [1.82, 2.24) is 0 Å². The molecule has 0 bridgehead atoms. The van der Waals surface area contributed by atoms with Gasteiger partial charge in [-0.2, -0.15) is 0 Å². The van der Waals surface area contributed by atoms with E-state index in [-0.39, 0.29) is 22.0 Å². The van der Waals surface area contributed by atoms with Crippen molar-refractivity contribution in [2.24, 2.45) is 0 Å². The Morgan fingerprint density at radius 3 is 2.22 bits per heavy atom. The minimum atomic E-state index is -0.667. The largest absolute Gasteiger partial charge is 0.493 e. The fourth-order valence-corrected chi connectivity index (χ4v) is 3.41. The predicted octanol–water partition coefficient (Wildman–Crippen LogP) is 2.66. The van der Waals surface area contributed by atoms with Gasteiger partial charge in [-0.05, 0) is 24.6 Å². The SMILES string of the molecule is COC(=O)c1sc(NC(=O)COc2ccccc2OC)c(C(=O)OC)c1C. The molecule has 9 heteroatoms. The number of hydrogen-bond donors (Lipinski definition) is 1. The molecule has 0 spiro atoms. The molecule has 27 heavy (non-hydrogen) atoms. The summed E-state index contributed by atoms with van der Waals surface area (Å²) in [6, 6.07) is 6.89. The Bertz CT molecular complexity index is 859. The first-order valence-corrected chi connectivity index (χ1v) is 8.60. The van der Waals surface area contributed by atoms with Crippen LogP contribution in [0.3, 0.4) is 0 Å². The van der Waals surface area contributed by atoms with E-state index >= 15 is 0 Å². The maximum absolute atomic E-state index is 12.3. The Labute approximate surface area is 160 Å². The molecule has 0 radical (unpaired) electrons. The number of carbonyl (C=O) groups excluding carboxylic acids is 3. The van der Waals surface area contributed by atoms with E-state index in [4.69, 9.17) is 18.9 Å². The summed E-state index contributed by atoms with van der Waals surface area (Å²) in [4.78, 5) is 36.4. The zero-order chi connectivity index (χ0) is 20.0. The van der Waals surface area contributed by atoms with Gasteiger partial charge in [0, 0.05) is 0 Å². The second kappa shape index (κ2) is 9.04. The topological polar surface area (TPSA) is 100 Å². The Kier molecular flexibility index (Phi) is 6.78. The highest BCUT2D eigenvalue weighted by atomic mass is 32.1. The Morgan fingerprint density at radius 1 is 1.00 bits per heavy atom. The average molecular weight is 393 g/mol. The predicted molar refractivity (Wildman–Crippen MR) is 98.9 cm³/mol. The number of para-hydroxylation sites is 2. The van der Waals surface area contributed by atoms with Crippen molar-refractivity contribution < 1.29 is 33.3 Å². The lowest BCUT2D eigenvalue weighted by Crippen LogP contribution is -2.21. The molecule has 1 aromatic heterocycles. The van der Waals surface area contributed by atoms with Gasteiger partial charge in [0.15, 0.2) is 18.1 Å². The van der Waals surface area contributed by atoms with Crippen molar-refractivity contribution in [2.75, 3.05) is 33.3 Å². The summed E-state index contributed by atoms with van der Waals surface area (Å²) in [7, 11) is 3.94. The molecule has 1 amide bonds. The van der Waals surface area contributed by atoms with E-state index in [2.05, 4.69) is 5.32 Å². The number of benzene rings is 1. The highest BCUT2D eigenvalue weighted by molar-refractivity contribution is 7.18. The smallest absolute Gasteiger partial charge is 0.348 e. The van der Waals surface area contributed by atoms with Crippen LogP contribution >= 0.6 is 11.3 Å². The van der Waals surface area contributed by atoms with Crippen molar-refractivity contribution in [1.29, 1.82) is 0 Å². The molecule has 0 atom stereocenters. The lowest BCUT2D eigenvalue weighted by molar-refractivity contribution is -0.118. The minimum Gasteiger partial charge on any atom is -0.493 e. The number of carbonyl (C=O) groups is 3. The van der Waals surface area contributed by atoms with Crippen LogP contribution in [0.15, 0.2) is 24.3 Å². The minimum absolute atomic E-state index is 0.105. The van der Waals surface area contributed by atoms with Gasteiger partial charge in [0.25, 0.3) is 5.91 Å². The van der Waals surface area contributed by atoms with Crippen LogP contribution in [0, 0.1) is 6.92 Å². The lowest BCUT2D eigenvalue weighted by atomic mass is 10.1. The molecule has 2 aromatic rings. The number of methoxy groups -OCH3 is 3. The van der Waals surface area contributed by atoms with Crippen LogP contribution < -0.4 is 14.8 Å². The normalized spacial score (nSPS) is 10.1. The zero-order valence-electron chi connectivity index (χ0n) is 15.3. The second-order valence-corrected chi connectivity index (χ2v) is 6.25. The first-order chi connectivity index (χ1) is 12.9. The van der Waals surface area contributed by atoms with Crippen molar-refractivity contribution in [3.63, 3.8) is 0 Å². The second-order valence-electron chi connectivity index (χ2n) is 5.23. The van der Waals surface area contributed by atoms with Gasteiger partial charge in [0.1, 0.15) is 9.88 Å². The molecular weight excluding hydrogens is 374 g/mol. The number of rotatable bonds is 7. The van der Waals surface area contributed by atoms with Crippen LogP contribution in [-0.4, -0.2) is 45.8 Å². The monoisotopic (exact) mass is 393 g/mol. The van der Waals surface area contributed by atoms with Gasteiger partial charge in [-0.3, -0.25) is 4.79 Å². The van der Waals surface area contributed by atoms with Crippen molar-refractivity contribution in [3.8, 4) is 11.5 Å². The van der Waals surface area contributed by atoms with Gasteiger partial charge in [-0.1, -0.05) is 12.1 Å². The molecule has 0 saturated heterocycles. The van der Waals surface area contributed by atoms with E-state index in [1.807, 2.05) is 0 Å². The van der Waals surface area contributed by atoms with Gasteiger partial charge >= 0.3 is 11.9 Å². The molecule has 1 N–H and O–H groups in total. The molecule has 1 aromatic carbocycles. The van der Waals surface area contributed by atoms with Gasteiger partial charge in [0.2, 0.25) is 0 Å². The number of nitrogens with one attached hydrogen (secondary N) is 1. The third-order valence-corrected chi connectivity index (χ3v) is 4.78. The standard InChI is InChI=1S/C18H19NO7S/c1-10-14(17(21)24-3)16(27-15(10)18(22)25-4)19-13(20)9-26-12-8-6-5-7-11(12)23-2/h5-8H,9H2,1-4H3,(H,19,20). The van der Waals surface area contributed by atoms with E-state index in [0.29, 0.717) is 17.1 Å². The summed E-state index contributed by atoms with van der Waals surface area (Å²) in [5.41, 5.74) is 0.480. The van der Waals surface area contributed by atoms with Crippen molar-refractivity contribution >= 4 is 34.2 Å². The van der Waals surface area contributed by atoms with Crippen molar-refractivity contribution in [3.05, 3.63) is 40.3 Å². The molecule has 8 nitrogen and oxygen atoms in total. The third-order valence-electron chi connectivity index (χ3n) is 3.59. The molecule has 0 aliphatic carbocycles. The number of hydrogen-bond acceptors (Lipinski definition) is 8. The van der Waals surface area contributed by atoms with E-state index < -0.39 is 17.8 Å². The van der Waals surface area contributed by atoms with Crippen LogP contribution in [0.1, 0.15) is 25.6 Å². The summed E-state index contributed by atoms with van der Waals surface area (Å²) >= 11 is 0.933. The fourth-order valence-electron chi connectivity index (χ4n) is 2.28. The molecule has 2 rings (SSSR count). The van der Waals surface area contributed by atoms with Crippen LogP contribution in [0.2, 0.25) is 0 Å². The summed E-state index contributed by atoms with van der Waals surface area (Å²) in [5, 5.41) is 2.77. The summed E-state index contributed by atoms with van der Waals surface area (Å²) in [6.07, 6.45) is 0. The van der Waals surface area contributed by atoms with Crippen molar-refractivity contribution in [2.45, 2.75) is 6.92 Å². The van der Waals surface area contributed by atoms with Crippen LogP contribution in [0.5, 0.6) is 11.5 Å². The molecule has 0 unspecified atom stereocenters. The molecule has 0 aliphatic rings. The molecule has 0 saturated carbocycles. The first-order valence-electron chi connectivity index (χ1n) is 7.78. The third kappa shape index (κ3) is 4.56. The fraction of sp³-hybridized carbons (Fsp3) is 0.278. The number of ether oxygens (including phenoxy) is 4. The average Bonchev–Trinajstić information content (AvgIpc) is 3.01. The molecule has 144 valence electrons. The number of thiophene rings is 1. The van der Waals surface area contributed by atoms with Gasteiger partial charge < -0.3 is 24.3 Å².